The highest BCUT2D eigenvalue weighted by Crippen LogP contribution is 2.34. The summed E-state index contributed by atoms with van der Waals surface area (Å²) in [6.07, 6.45) is -6.26. The largest absolute Gasteiger partial charge is 0.465 e. The van der Waals surface area contributed by atoms with Gasteiger partial charge in [-0.05, 0) is 32.0 Å². The lowest BCUT2D eigenvalue weighted by molar-refractivity contribution is -0.139. The van der Waals surface area contributed by atoms with E-state index in [1.165, 1.54) is 13.8 Å². The van der Waals surface area contributed by atoms with Crippen LogP contribution in [0.2, 0.25) is 0 Å². The van der Waals surface area contributed by atoms with E-state index in [0.29, 0.717) is 12.1 Å². The van der Waals surface area contributed by atoms with Gasteiger partial charge in [-0.3, -0.25) is 4.90 Å². The molecule has 1 N–H and O–H groups in total. The lowest BCUT2D eigenvalue weighted by Crippen LogP contribution is -2.35. The van der Waals surface area contributed by atoms with E-state index in [1.807, 2.05) is 0 Å². The van der Waals surface area contributed by atoms with E-state index in [0.717, 1.165) is 11.0 Å². The summed E-state index contributed by atoms with van der Waals surface area (Å²) in [5.41, 5.74) is -1.70. The topological polar surface area (TPSA) is 40.5 Å². The Balaban J connectivity index is 3.31. The molecule has 1 aromatic carbocycles. The minimum absolute atomic E-state index is 0.216. The number of carboxylic acid groups (broad SMARTS) is 1. The smallest absolute Gasteiger partial charge is 0.419 e. The van der Waals surface area contributed by atoms with Crippen molar-refractivity contribution in [2.45, 2.75) is 26.1 Å². The second kappa shape index (κ2) is 4.83. The molecule has 0 unspecified atom stereocenters. The maximum absolute atomic E-state index is 13.0. The van der Waals surface area contributed by atoms with Gasteiger partial charge >= 0.3 is 12.3 Å². The summed E-state index contributed by atoms with van der Waals surface area (Å²) in [5, 5.41) is 8.91. The highest BCUT2D eigenvalue weighted by molar-refractivity contribution is 5.86. The Bertz CT molecular complexity index is 457. The first-order valence-electron chi connectivity index (χ1n) is 5.03. The van der Waals surface area contributed by atoms with Gasteiger partial charge in [0.2, 0.25) is 0 Å². The molecule has 0 saturated carbocycles. The number of nitrogens with zero attached hydrogens (tertiary/aromatic N) is 1. The number of halogens is 4. The molecule has 0 aliphatic heterocycles. The molecule has 0 fully saturated rings. The Kier molecular flexibility index (Phi) is 3.83. The van der Waals surface area contributed by atoms with Crippen molar-refractivity contribution < 1.29 is 27.5 Å². The Labute approximate surface area is 101 Å². The second-order valence-corrected chi connectivity index (χ2v) is 3.91. The summed E-state index contributed by atoms with van der Waals surface area (Å²) in [7, 11) is 0. The minimum atomic E-state index is -4.86. The Hall–Kier alpha value is -1.79. The molecule has 7 heteroatoms. The minimum Gasteiger partial charge on any atom is -0.465 e. The number of benzene rings is 1. The molecule has 100 valence electrons. The second-order valence-electron chi connectivity index (χ2n) is 3.91. The predicted octanol–water partition coefficient (Wildman–Crippen LogP) is 3.74. The molecular weight excluding hydrogens is 254 g/mol. The van der Waals surface area contributed by atoms with E-state index < -0.39 is 29.7 Å². The van der Waals surface area contributed by atoms with Crippen LogP contribution in [-0.4, -0.2) is 17.2 Å². The third kappa shape index (κ3) is 2.91. The molecule has 0 spiro atoms. The maximum Gasteiger partial charge on any atom is 0.419 e. The predicted molar refractivity (Wildman–Crippen MR) is 57.0 cm³/mol. The summed E-state index contributed by atoms with van der Waals surface area (Å²) in [5.74, 6) is -1.43. The molecule has 0 heterocycles. The van der Waals surface area contributed by atoms with Crippen molar-refractivity contribution in [3.63, 3.8) is 0 Å². The van der Waals surface area contributed by atoms with Crippen molar-refractivity contribution in [1.29, 1.82) is 0 Å². The zero-order chi connectivity index (χ0) is 14.1. The van der Waals surface area contributed by atoms with Crippen molar-refractivity contribution in [1.82, 2.24) is 0 Å². The van der Waals surface area contributed by atoms with Gasteiger partial charge in [0.05, 0.1) is 5.56 Å². The van der Waals surface area contributed by atoms with Gasteiger partial charge in [0.25, 0.3) is 0 Å². The van der Waals surface area contributed by atoms with Crippen LogP contribution in [0.4, 0.5) is 28.0 Å². The van der Waals surface area contributed by atoms with Crippen LogP contribution >= 0.6 is 0 Å². The molecule has 1 rings (SSSR count). The Morgan fingerprint density at radius 1 is 1.33 bits per heavy atom. The van der Waals surface area contributed by atoms with Gasteiger partial charge in [0, 0.05) is 11.7 Å². The van der Waals surface area contributed by atoms with Gasteiger partial charge in [-0.1, -0.05) is 0 Å². The van der Waals surface area contributed by atoms with Gasteiger partial charge in [-0.25, -0.2) is 9.18 Å². The monoisotopic (exact) mass is 265 g/mol. The first kappa shape index (κ1) is 14.3. The average molecular weight is 265 g/mol. The molecule has 1 aromatic rings. The third-order valence-electron chi connectivity index (χ3n) is 2.26. The van der Waals surface area contributed by atoms with Gasteiger partial charge in [-0.15, -0.1) is 0 Å². The lowest BCUT2D eigenvalue weighted by atomic mass is 10.1. The maximum atomic E-state index is 13.0. The summed E-state index contributed by atoms with van der Waals surface area (Å²) in [6.45, 7) is 3.01. The lowest BCUT2D eigenvalue weighted by Gasteiger charge is -2.24. The van der Waals surface area contributed by atoms with E-state index in [9.17, 15) is 22.4 Å². The number of hydrogen-bond acceptors (Lipinski definition) is 1. The van der Waals surface area contributed by atoms with Gasteiger partial charge < -0.3 is 5.11 Å². The Morgan fingerprint density at radius 2 is 1.89 bits per heavy atom. The zero-order valence-electron chi connectivity index (χ0n) is 9.62. The van der Waals surface area contributed by atoms with Crippen molar-refractivity contribution in [3.05, 3.63) is 29.6 Å². The zero-order valence-corrected chi connectivity index (χ0v) is 9.62. The van der Waals surface area contributed by atoms with E-state index >= 15 is 0 Å². The summed E-state index contributed by atoms with van der Waals surface area (Å²) in [4.78, 5) is 11.7. The summed E-state index contributed by atoms with van der Waals surface area (Å²) >= 11 is 0. The van der Waals surface area contributed by atoms with Gasteiger partial charge in [-0.2, -0.15) is 13.2 Å². The van der Waals surface area contributed by atoms with Gasteiger partial charge in [0.15, 0.2) is 0 Å². The molecule has 0 radical (unpaired) electrons. The fourth-order valence-electron chi connectivity index (χ4n) is 1.51. The molecule has 3 nitrogen and oxygen atoms in total. The molecule has 0 aliphatic carbocycles. The molecule has 0 bridgehead atoms. The van der Waals surface area contributed by atoms with Crippen LogP contribution in [0.25, 0.3) is 0 Å². The first-order chi connectivity index (χ1) is 8.14. The van der Waals surface area contributed by atoms with Crippen LogP contribution in [0.1, 0.15) is 19.4 Å². The van der Waals surface area contributed by atoms with E-state index in [4.69, 9.17) is 5.11 Å². The quantitative estimate of drug-likeness (QED) is 0.827. The molecule has 0 atom stereocenters. The fourth-order valence-corrected chi connectivity index (χ4v) is 1.51. The first-order valence-corrected chi connectivity index (χ1v) is 5.03. The van der Waals surface area contributed by atoms with Crippen LogP contribution in [0, 0.1) is 5.82 Å². The molecule has 0 aliphatic rings. The molecular formula is C11H11F4NO2. The van der Waals surface area contributed by atoms with E-state index in [2.05, 4.69) is 0 Å². The third-order valence-corrected chi connectivity index (χ3v) is 2.26. The van der Waals surface area contributed by atoms with Crippen molar-refractivity contribution in [2.24, 2.45) is 0 Å². The Morgan fingerprint density at radius 3 is 2.28 bits per heavy atom. The van der Waals surface area contributed by atoms with Crippen LogP contribution < -0.4 is 4.90 Å². The number of alkyl halides is 3. The standard InChI is InChI=1S/C11H11F4NO2/c1-6(2)16(10(17)18)7-3-4-9(12)8(5-7)11(13,14)15/h3-6H,1-2H3,(H,17,18). The normalized spacial score (nSPS) is 11.7. The van der Waals surface area contributed by atoms with Gasteiger partial charge in [0.1, 0.15) is 5.82 Å². The van der Waals surface area contributed by atoms with Crippen molar-refractivity contribution >= 4 is 11.8 Å². The van der Waals surface area contributed by atoms with E-state index in [1.54, 1.807) is 0 Å². The number of amides is 1. The molecule has 18 heavy (non-hydrogen) atoms. The number of hydrogen-bond donors (Lipinski definition) is 1. The van der Waals surface area contributed by atoms with Crippen molar-refractivity contribution in [2.75, 3.05) is 4.90 Å². The van der Waals surface area contributed by atoms with Crippen LogP contribution in [0.3, 0.4) is 0 Å². The number of anilines is 1. The van der Waals surface area contributed by atoms with Crippen LogP contribution in [0.15, 0.2) is 18.2 Å². The molecule has 0 saturated heterocycles. The number of rotatable bonds is 2. The van der Waals surface area contributed by atoms with Crippen LogP contribution in [0.5, 0.6) is 0 Å². The highest BCUT2D eigenvalue weighted by atomic mass is 19.4. The van der Waals surface area contributed by atoms with Crippen molar-refractivity contribution in [3.8, 4) is 0 Å². The summed E-state index contributed by atoms with van der Waals surface area (Å²) in [6, 6.07) is 1.53. The van der Waals surface area contributed by atoms with Crippen LogP contribution in [-0.2, 0) is 6.18 Å². The molecule has 0 aromatic heterocycles. The SMILES string of the molecule is CC(C)N(C(=O)O)c1ccc(F)c(C(F)(F)F)c1. The molecule has 1 amide bonds. The highest BCUT2D eigenvalue weighted by Gasteiger charge is 2.35. The van der Waals surface area contributed by atoms with E-state index in [-0.39, 0.29) is 5.69 Å². The summed E-state index contributed by atoms with van der Waals surface area (Å²) < 4.78 is 50.5. The fraction of sp³-hybridized carbons (Fsp3) is 0.364. The average Bonchev–Trinajstić information content (AvgIpc) is 2.17. The number of carbonyl (C=O) groups is 1.